The third kappa shape index (κ3) is 6.28. The predicted molar refractivity (Wildman–Crippen MR) is 108 cm³/mol. The molecule has 166 valence electrons. The minimum atomic E-state index is -4.82. The Hall–Kier alpha value is -2.43. The molecule has 0 radical (unpaired) electrons. The zero-order valence-corrected chi connectivity index (χ0v) is 17.6. The summed E-state index contributed by atoms with van der Waals surface area (Å²) in [4.78, 5) is 27.3. The molecule has 0 saturated carbocycles. The maximum Gasteiger partial charge on any atom is 0.418 e. The van der Waals surface area contributed by atoms with Crippen LogP contribution < -0.4 is 15.4 Å². The minimum absolute atomic E-state index is 0.141. The number of carbonyl (C=O) groups excluding carboxylic acids is 2. The Bertz CT molecular complexity index is 1010. The number of hydrogen-bond donors (Lipinski definition) is 2. The van der Waals surface area contributed by atoms with Gasteiger partial charge < -0.3 is 14.8 Å². The van der Waals surface area contributed by atoms with Crippen LogP contribution in [0.3, 0.4) is 0 Å². The van der Waals surface area contributed by atoms with E-state index in [-0.39, 0.29) is 23.8 Å². The summed E-state index contributed by atoms with van der Waals surface area (Å²) in [6.45, 7) is -0.657. The molecule has 1 aliphatic rings. The molecular formula is C18H13Cl3F3N3O4. The Labute approximate surface area is 188 Å². The average Bonchev–Trinajstić information content (AvgIpc) is 2.66. The van der Waals surface area contributed by atoms with Gasteiger partial charge in [0.15, 0.2) is 0 Å². The summed E-state index contributed by atoms with van der Waals surface area (Å²) in [6, 6.07) is 4.43. The van der Waals surface area contributed by atoms with Crippen molar-refractivity contribution < 1.29 is 32.2 Å². The highest BCUT2D eigenvalue weighted by atomic mass is 35.6. The summed E-state index contributed by atoms with van der Waals surface area (Å²) >= 11 is 16.3. The largest absolute Gasteiger partial charge is 0.457 e. The molecular weight excluding hydrogens is 486 g/mol. The quantitative estimate of drug-likeness (QED) is 0.528. The summed E-state index contributed by atoms with van der Waals surface area (Å²) in [6.07, 6.45) is -4.17. The molecule has 0 aliphatic carbocycles. The molecule has 0 saturated heterocycles. The number of pyridine rings is 1. The number of nitrogens with zero attached hydrogens (tertiary/aromatic N) is 1. The van der Waals surface area contributed by atoms with Gasteiger partial charge in [-0.15, -0.1) is 0 Å². The van der Waals surface area contributed by atoms with E-state index in [0.717, 1.165) is 12.1 Å². The van der Waals surface area contributed by atoms with Crippen molar-refractivity contribution in [2.75, 3.05) is 17.2 Å². The van der Waals surface area contributed by atoms with E-state index in [2.05, 4.69) is 15.0 Å². The van der Waals surface area contributed by atoms with Gasteiger partial charge in [0.05, 0.1) is 11.3 Å². The smallest absolute Gasteiger partial charge is 0.418 e. The molecule has 0 atom stereocenters. The zero-order valence-electron chi connectivity index (χ0n) is 15.4. The summed E-state index contributed by atoms with van der Waals surface area (Å²) < 4.78 is 48.9. The monoisotopic (exact) mass is 497 g/mol. The van der Waals surface area contributed by atoms with E-state index in [9.17, 15) is 22.8 Å². The number of halogens is 6. The number of anilines is 2. The van der Waals surface area contributed by atoms with Crippen molar-refractivity contribution in [3.8, 4) is 11.5 Å². The van der Waals surface area contributed by atoms with Gasteiger partial charge in [0.25, 0.3) is 0 Å². The second-order valence-electron chi connectivity index (χ2n) is 6.31. The van der Waals surface area contributed by atoms with Gasteiger partial charge in [0.2, 0.25) is 9.70 Å². The van der Waals surface area contributed by atoms with Crippen molar-refractivity contribution in [3.63, 3.8) is 0 Å². The Balaban J connectivity index is 1.83. The number of rotatable bonds is 4. The fourth-order valence-electron chi connectivity index (χ4n) is 2.70. The van der Waals surface area contributed by atoms with Crippen molar-refractivity contribution >= 4 is 58.3 Å². The minimum Gasteiger partial charge on any atom is -0.457 e. The van der Waals surface area contributed by atoms with Gasteiger partial charge in [-0.25, -0.2) is 9.78 Å². The first kappa shape index (κ1) is 23.2. The molecule has 31 heavy (non-hydrogen) atoms. The van der Waals surface area contributed by atoms with E-state index in [0.29, 0.717) is 17.8 Å². The first-order valence-electron chi connectivity index (χ1n) is 8.60. The Morgan fingerprint density at radius 3 is 2.61 bits per heavy atom. The van der Waals surface area contributed by atoms with E-state index in [1.807, 2.05) is 5.32 Å². The van der Waals surface area contributed by atoms with Crippen molar-refractivity contribution in [1.82, 2.24) is 4.98 Å². The van der Waals surface area contributed by atoms with Crippen LogP contribution in [0.1, 0.15) is 17.5 Å². The molecule has 0 bridgehead atoms. The normalized spacial score (nSPS) is 13.8. The summed E-state index contributed by atoms with van der Waals surface area (Å²) in [7, 11) is 0. The van der Waals surface area contributed by atoms with Crippen molar-refractivity contribution in [1.29, 1.82) is 0 Å². The third-order valence-corrected chi connectivity index (χ3v) is 4.33. The average molecular weight is 499 g/mol. The van der Waals surface area contributed by atoms with Crippen molar-refractivity contribution in [2.45, 2.75) is 22.8 Å². The van der Waals surface area contributed by atoms with Crippen molar-refractivity contribution in [3.05, 3.63) is 41.6 Å². The first-order valence-corrected chi connectivity index (χ1v) is 9.73. The summed E-state index contributed by atoms with van der Waals surface area (Å²) in [5.74, 6) is 0.187. The molecule has 0 fully saturated rings. The Kier molecular flexibility index (Phi) is 6.73. The maximum atomic E-state index is 13.5. The Morgan fingerprint density at radius 2 is 1.94 bits per heavy atom. The molecule has 7 nitrogen and oxygen atoms in total. The molecule has 2 heterocycles. The number of benzene rings is 1. The van der Waals surface area contributed by atoms with Crippen LogP contribution in [-0.2, 0) is 22.1 Å². The third-order valence-electron chi connectivity index (χ3n) is 4.00. The molecule has 2 amide bonds. The molecule has 2 N–H and O–H groups in total. The lowest BCUT2D eigenvalue weighted by Crippen LogP contribution is -2.22. The second-order valence-corrected chi connectivity index (χ2v) is 8.82. The number of alkyl halides is 6. The number of hydrogen-bond acceptors (Lipinski definition) is 5. The number of fused-ring (bicyclic) bond motifs is 1. The van der Waals surface area contributed by atoms with E-state index < -0.39 is 33.9 Å². The lowest BCUT2D eigenvalue weighted by Gasteiger charge is -2.20. The molecule has 0 unspecified atom stereocenters. The molecule has 1 aromatic heterocycles. The fraction of sp³-hybridized carbons (Fsp3) is 0.278. The van der Waals surface area contributed by atoms with E-state index >= 15 is 0 Å². The molecule has 1 aromatic carbocycles. The second kappa shape index (κ2) is 8.97. The number of nitrogens with one attached hydrogen (secondary N) is 2. The van der Waals surface area contributed by atoms with Gasteiger partial charge in [0, 0.05) is 18.2 Å². The number of carbonyl (C=O) groups is 2. The van der Waals surface area contributed by atoms with Crippen LogP contribution >= 0.6 is 34.8 Å². The molecule has 3 rings (SSSR count). The van der Waals surface area contributed by atoms with Gasteiger partial charge in [-0.1, -0.05) is 34.8 Å². The molecule has 1 aliphatic heterocycles. The van der Waals surface area contributed by atoms with Crippen LogP contribution in [0.15, 0.2) is 30.5 Å². The van der Waals surface area contributed by atoms with Crippen LogP contribution in [0, 0.1) is 0 Å². The van der Waals surface area contributed by atoms with Gasteiger partial charge >= 0.3 is 12.3 Å². The Morgan fingerprint density at radius 1 is 1.19 bits per heavy atom. The molecule has 0 spiro atoms. The summed E-state index contributed by atoms with van der Waals surface area (Å²) in [5.41, 5.74) is -1.18. The first-order chi connectivity index (χ1) is 14.4. The van der Waals surface area contributed by atoms with E-state index in [1.54, 1.807) is 0 Å². The van der Waals surface area contributed by atoms with E-state index in [4.69, 9.17) is 39.5 Å². The SMILES string of the molecule is O=C1CCc2c(Oc3ccc(NC(=O)OCC(Cl)(Cl)Cl)c(C(F)(F)F)c3)ccnc2N1. The van der Waals surface area contributed by atoms with Crippen LogP contribution in [-0.4, -0.2) is 27.4 Å². The maximum absolute atomic E-state index is 13.5. The molecule has 13 heteroatoms. The van der Waals surface area contributed by atoms with Gasteiger partial charge in [-0.3, -0.25) is 10.1 Å². The lowest BCUT2D eigenvalue weighted by molar-refractivity contribution is -0.137. The van der Waals surface area contributed by atoms with Crippen LogP contribution in [0.25, 0.3) is 0 Å². The lowest BCUT2D eigenvalue weighted by atomic mass is 10.1. The van der Waals surface area contributed by atoms with Crippen LogP contribution in [0.5, 0.6) is 11.5 Å². The molecule has 2 aromatic rings. The van der Waals surface area contributed by atoms with Gasteiger partial charge in [-0.05, 0) is 30.7 Å². The van der Waals surface area contributed by atoms with Crippen LogP contribution in [0.2, 0.25) is 0 Å². The highest BCUT2D eigenvalue weighted by Crippen LogP contribution is 2.39. The van der Waals surface area contributed by atoms with Crippen molar-refractivity contribution in [2.24, 2.45) is 0 Å². The number of amides is 2. The number of aromatic nitrogens is 1. The standard InChI is InChI=1S/C18H13Cl3F3N3O4/c19-17(20,21)8-30-16(29)26-12-3-1-9(7-11(12)18(22,23)24)31-13-5-6-25-15-10(13)2-4-14(28)27-15/h1,3,5-7H,2,4,8H2,(H,26,29)(H,25,27,28). The highest BCUT2D eigenvalue weighted by Gasteiger charge is 2.35. The predicted octanol–water partition coefficient (Wildman–Crippen LogP) is 5.70. The van der Waals surface area contributed by atoms with Gasteiger partial charge in [-0.2, -0.15) is 13.2 Å². The van der Waals surface area contributed by atoms with Crippen LogP contribution in [0.4, 0.5) is 29.5 Å². The summed E-state index contributed by atoms with van der Waals surface area (Å²) in [5, 5.41) is 4.54. The van der Waals surface area contributed by atoms with E-state index in [1.165, 1.54) is 18.3 Å². The topological polar surface area (TPSA) is 89.5 Å². The number of ether oxygens (including phenoxy) is 2. The zero-order chi connectivity index (χ0) is 22.8. The van der Waals surface area contributed by atoms with Gasteiger partial charge in [0.1, 0.15) is 23.9 Å². The fourth-order valence-corrected chi connectivity index (χ4v) is 2.87. The highest BCUT2D eigenvalue weighted by molar-refractivity contribution is 6.67.